The molecule has 0 aromatic rings. The summed E-state index contributed by atoms with van der Waals surface area (Å²) in [5, 5.41) is 6.19. The number of carbonyl (C=O) groups is 2. The molecule has 1 saturated heterocycles. The minimum atomic E-state index is -0.0383. The summed E-state index contributed by atoms with van der Waals surface area (Å²) in [6.45, 7) is 14.0. The van der Waals surface area contributed by atoms with Gasteiger partial charge in [0.1, 0.15) is 6.54 Å². The van der Waals surface area contributed by atoms with Gasteiger partial charge in [0.05, 0.1) is 6.54 Å². The zero-order valence-electron chi connectivity index (χ0n) is 16.8. The predicted molar refractivity (Wildman–Crippen MR) is 105 cm³/mol. The van der Waals surface area contributed by atoms with Crippen molar-refractivity contribution < 1.29 is 9.59 Å². The van der Waals surface area contributed by atoms with Gasteiger partial charge in [0.2, 0.25) is 11.8 Å². The number of guanidine groups is 1. The van der Waals surface area contributed by atoms with Crippen LogP contribution >= 0.6 is 0 Å². The van der Waals surface area contributed by atoms with Gasteiger partial charge >= 0.3 is 0 Å². The number of hydrogen-bond donors (Lipinski definition) is 2. The van der Waals surface area contributed by atoms with Gasteiger partial charge in [0.25, 0.3) is 0 Å². The molecule has 1 fully saturated rings. The Kier molecular flexibility index (Phi) is 9.12. The lowest BCUT2D eigenvalue weighted by Crippen LogP contribution is -2.54. The largest absolute Gasteiger partial charge is 0.353 e. The summed E-state index contributed by atoms with van der Waals surface area (Å²) < 4.78 is 0. The summed E-state index contributed by atoms with van der Waals surface area (Å²) >= 11 is 0. The molecule has 8 nitrogen and oxygen atoms in total. The van der Waals surface area contributed by atoms with Crippen LogP contribution in [0, 0.1) is 0 Å². The molecule has 2 amide bonds. The molecule has 8 heteroatoms. The molecule has 0 atom stereocenters. The molecule has 0 radical (unpaired) electrons. The smallest absolute Gasteiger partial charge is 0.243 e. The summed E-state index contributed by atoms with van der Waals surface area (Å²) in [4.78, 5) is 34.0. The van der Waals surface area contributed by atoms with E-state index < -0.39 is 0 Å². The second-order valence-electron chi connectivity index (χ2n) is 7.22. The highest BCUT2D eigenvalue weighted by Gasteiger charge is 2.21. The molecule has 0 aromatic heterocycles. The second-order valence-corrected chi connectivity index (χ2v) is 7.22. The molecular formula is C18H34N6O2. The van der Waals surface area contributed by atoms with E-state index in [1.807, 2.05) is 20.8 Å². The van der Waals surface area contributed by atoms with Crippen molar-refractivity contribution in [3.8, 4) is 0 Å². The quantitative estimate of drug-likeness (QED) is 0.369. The molecule has 1 heterocycles. The van der Waals surface area contributed by atoms with Crippen LogP contribution in [0.15, 0.2) is 17.1 Å². The van der Waals surface area contributed by atoms with Crippen LogP contribution in [0.25, 0.3) is 0 Å². The van der Waals surface area contributed by atoms with Crippen molar-refractivity contribution in [1.29, 1.82) is 0 Å². The third-order valence-corrected chi connectivity index (χ3v) is 3.90. The van der Waals surface area contributed by atoms with E-state index in [4.69, 9.17) is 0 Å². The fourth-order valence-corrected chi connectivity index (χ4v) is 2.47. The Hall–Kier alpha value is -2.09. The van der Waals surface area contributed by atoms with Gasteiger partial charge in [-0.15, -0.1) is 0 Å². The van der Waals surface area contributed by atoms with Crippen LogP contribution in [-0.4, -0.2) is 98.4 Å². The fraction of sp³-hybridized carbons (Fsp3) is 0.722. The molecular weight excluding hydrogens is 332 g/mol. The van der Waals surface area contributed by atoms with Crippen LogP contribution in [0.2, 0.25) is 0 Å². The van der Waals surface area contributed by atoms with E-state index in [-0.39, 0.29) is 24.4 Å². The first kappa shape index (κ1) is 22.0. The number of rotatable bonds is 7. The first-order chi connectivity index (χ1) is 12.2. The Morgan fingerprint density at radius 3 is 2.31 bits per heavy atom. The molecule has 0 spiro atoms. The van der Waals surface area contributed by atoms with Crippen LogP contribution in [0.1, 0.15) is 20.8 Å². The van der Waals surface area contributed by atoms with Crippen LogP contribution in [0.3, 0.4) is 0 Å². The van der Waals surface area contributed by atoms with E-state index in [1.54, 1.807) is 14.1 Å². The molecule has 0 aromatic carbocycles. The zero-order chi connectivity index (χ0) is 19.7. The lowest BCUT2D eigenvalue weighted by Gasteiger charge is -2.36. The van der Waals surface area contributed by atoms with Crippen LogP contribution in [0.4, 0.5) is 0 Å². The van der Waals surface area contributed by atoms with Crippen LogP contribution in [0.5, 0.6) is 0 Å². The summed E-state index contributed by atoms with van der Waals surface area (Å²) in [5.74, 6) is 0.734. The topological polar surface area (TPSA) is 80.3 Å². The Labute approximate surface area is 157 Å². The number of nitrogens with zero attached hydrogens (tertiary/aromatic N) is 4. The third-order valence-electron chi connectivity index (χ3n) is 3.90. The number of aliphatic imine (C=N–C) groups is 1. The standard InChI is InChI=1S/C18H34N6O2/c1-14(2)11-19-18(20-12-17(26)22(5)6)24-9-7-23(8-10-24)13-16(25)21-15(3)4/h15H,1,7-13H2,2-6H3,(H,19,20)(H,21,25). The number of nitrogens with one attached hydrogen (secondary N) is 2. The van der Waals surface area contributed by atoms with Gasteiger partial charge in [0, 0.05) is 52.9 Å². The normalized spacial score (nSPS) is 15.8. The first-order valence-electron chi connectivity index (χ1n) is 9.08. The van der Waals surface area contributed by atoms with Gasteiger partial charge in [-0.1, -0.05) is 12.2 Å². The van der Waals surface area contributed by atoms with Gasteiger partial charge in [-0.2, -0.15) is 0 Å². The summed E-state index contributed by atoms with van der Waals surface area (Å²) in [7, 11) is 3.44. The summed E-state index contributed by atoms with van der Waals surface area (Å²) in [5.41, 5.74) is 1.00. The maximum atomic E-state index is 11.9. The van der Waals surface area contributed by atoms with Crippen molar-refractivity contribution in [2.45, 2.75) is 26.8 Å². The zero-order valence-corrected chi connectivity index (χ0v) is 16.8. The van der Waals surface area contributed by atoms with E-state index >= 15 is 0 Å². The molecule has 2 N–H and O–H groups in total. The average molecular weight is 367 g/mol. The van der Waals surface area contributed by atoms with Crippen molar-refractivity contribution >= 4 is 17.8 Å². The van der Waals surface area contributed by atoms with Crippen molar-refractivity contribution in [1.82, 2.24) is 25.3 Å². The van der Waals surface area contributed by atoms with E-state index in [2.05, 4.69) is 32.0 Å². The van der Waals surface area contributed by atoms with Gasteiger partial charge in [0.15, 0.2) is 5.96 Å². The number of piperazine rings is 1. The van der Waals surface area contributed by atoms with Gasteiger partial charge < -0.3 is 20.4 Å². The maximum absolute atomic E-state index is 11.9. The highest BCUT2D eigenvalue weighted by atomic mass is 16.2. The molecule has 0 unspecified atom stereocenters. The lowest BCUT2D eigenvalue weighted by molar-refractivity contribution is -0.127. The summed E-state index contributed by atoms with van der Waals surface area (Å²) in [6.07, 6.45) is 0. The van der Waals surface area contributed by atoms with Crippen molar-refractivity contribution in [3.63, 3.8) is 0 Å². The molecule has 148 valence electrons. The van der Waals surface area contributed by atoms with Gasteiger partial charge in [-0.25, -0.2) is 4.99 Å². The maximum Gasteiger partial charge on any atom is 0.243 e. The summed E-state index contributed by atoms with van der Waals surface area (Å²) in [6, 6.07) is 0.156. The molecule has 0 bridgehead atoms. The third kappa shape index (κ3) is 8.33. The molecule has 1 aliphatic heterocycles. The molecule has 0 saturated carbocycles. The molecule has 1 rings (SSSR count). The van der Waals surface area contributed by atoms with E-state index in [0.717, 1.165) is 37.7 Å². The monoisotopic (exact) mass is 366 g/mol. The Morgan fingerprint density at radius 2 is 1.81 bits per heavy atom. The minimum Gasteiger partial charge on any atom is -0.353 e. The highest BCUT2D eigenvalue weighted by molar-refractivity contribution is 5.85. The van der Waals surface area contributed by atoms with Gasteiger partial charge in [-0.05, 0) is 20.8 Å². The molecule has 26 heavy (non-hydrogen) atoms. The number of likely N-dealkylation sites (N-methyl/N-ethyl adjacent to an activating group) is 1. The fourth-order valence-electron chi connectivity index (χ4n) is 2.47. The van der Waals surface area contributed by atoms with Crippen LogP contribution in [-0.2, 0) is 9.59 Å². The Morgan fingerprint density at radius 1 is 1.19 bits per heavy atom. The average Bonchev–Trinajstić information content (AvgIpc) is 2.54. The molecule has 1 aliphatic rings. The van der Waals surface area contributed by atoms with E-state index in [1.165, 1.54) is 4.90 Å². The lowest BCUT2D eigenvalue weighted by atomic mass is 10.3. The van der Waals surface area contributed by atoms with E-state index in [0.29, 0.717) is 13.1 Å². The van der Waals surface area contributed by atoms with Crippen molar-refractivity contribution in [2.24, 2.45) is 4.99 Å². The van der Waals surface area contributed by atoms with Gasteiger partial charge in [-0.3, -0.25) is 14.5 Å². The van der Waals surface area contributed by atoms with Crippen LogP contribution < -0.4 is 10.6 Å². The predicted octanol–water partition coefficient (Wildman–Crippen LogP) is -0.261. The Bertz CT molecular complexity index is 522. The number of amides is 2. The highest BCUT2D eigenvalue weighted by Crippen LogP contribution is 2.03. The first-order valence-corrected chi connectivity index (χ1v) is 9.08. The van der Waals surface area contributed by atoms with E-state index in [9.17, 15) is 9.59 Å². The number of hydrogen-bond acceptors (Lipinski definition) is 4. The minimum absolute atomic E-state index is 0.0383. The molecule has 0 aliphatic carbocycles. The van der Waals surface area contributed by atoms with Crippen molar-refractivity contribution in [2.75, 3.05) is 59.9 Å². The SMILES string of the molecule is C=C(C)CNC(=NCC(=O)N(C)C)N1CCN(CC(=O)NC(C)C)CC1. The second kappa shape index (κ2) is 10.8. The van der Waals surface area contributed by atoms with Crippen molar-refractivity contribution in [3.05, 3.63) is 12.2 Å². The number of carbonyl (C=O) groups excluding carboxylic acids is 2. The Balaban J connectivity index is 2.60.